The molecule has 0 bridgehead atoms. The molecule has 1 saturated heterocycles. The van der Waals surface area contributed by atoms with Crippen molar-refractivity contribution in [1.29, 1.82) is 0 Å². The van der Waals surface area contributed by atoms with Gasteiger partial charge in [-0.3, -0.25) is 4.79 Å². The van der Waals surface area contributed by atoms with Crippen LogP contribution in [0, 0.1) is 5.92 Å². The highest BCUT2D eigenvalue weighted by molar-refractivity contribution is 5.79. The summed E-state index contributed by atoms with van der Waals surface area (Å²) in [4.78, 5) is 15.2. The molecule has 0 unspecified atom stereocenters. The van der Waals surface area contributed by atoms with E-state index in [4.69, 9.17) is 4.74 Å². The zero-order chi connectivity index (χ0) is 19.0. The molecule has 1 spiro atoms. The number of hydrogen-bond donors (Lipinski definition) is 0. The Kier molecular flexibility index (Phi) is 4.72. The SMILES string of the molecule is O=C(C1CCC(c2ccccc2)CC1)N1CCC2(CC1)OCc1ccccc12. The maximum Gasteiger partial charge on any atom is 0.225 e. The fourth-order valence-electron chi connectivity index (χ4n) is 5.54. The summed E-state index contributed by atoms with van der Waals surface area (Å²) in [5.41, 5.74) is 3.95. The molecule has 0 atom stereocenters. The molecule has 28 heavy (non-hydrogen) atoms. The summed E-state index contributed by atoms with van der Waals surface area (Å²) in [6.45, 7) is 2.37. The number of hydrogen-bond acceptors (Lipinski definition) is 2. The molecule has 5 rings (SSSR count). The standard InChI is InChI=1S/C25H29NO2/c27-24(21-12-10-20(11-13-21)19-6-2-1-3-7-19)26-16-14-25(15-17-26)23-9-5-4-8-22(23)18-28-25/h1-9,20-21H,10-18H2. The van der Waals surface area contributed by atoms with E-state index in [0.717, 1.165) is 51.6 Å². The molecule has 0 radical (unpaired) electrons. The van der Waals surface area contributed by atoms with Crippen LogP contribution in [0.4, 0.5) is 0 Å². The zero-order valence-corrected chi connectivity index (χ0v) is 16.5. The Hall–Kier alpha value is -2.13. The Labute approximate surface area is 167 Å². The molecule has 1 saturated carbocycles. The van der Waals surface area contributed by atoms with Gasteiger partial charge in [0.1, 0.15) is 0 Å². The minimum atomic E-state index is -0.154. The van der Waals surface area contributed by atoms with Crippen LogP contribution in [0.15, 0.2) is 54.6 Å². The number of carbonyl (C=O) groups excluding carboxylic acids is 1. The van der Waals surface area contributed by atoms with Crippen molar-refractivity contribution in [2.24, 2.45) is 5.92 Å². The van der Waals surface area contributed by atoms with Gasteiger partial charge in [-0.25, -0.2) is 0 Å². The van der Waals surface area contributed by atoms with Crippen LogP contribution in [0.5, 0.6) is 0 Å². The maximum atomic E-state index is 13.1. The lowest BCUT2D eigenvalue weighted by molar-refractivity contribution is -0.143. The average molecular weight is 376 g/mol. The minimum absolute atomic E-state index is 0.154. The Morgan fingerprint density at radius 3 is 2.32 bits per heavy atom. The van der Waals surface area contributed by atoms with Crippen LogP contribution in [0.1, 0.15) is 61.1 Å². The molecule has 1 amide bonds. The third-order valence-electron chi connectivity index (χ3n) is 7.24. The van der Waals surface area contributed by atoms with Crippen molar-refractivity contribution in [2.75, 3.05) is 13.1 Å². The fourth-order valence-corrected chi connectivity index (χ4v) is 5.54. The van der Waals surface area contributed by atoms with Crippen molar-refractivity contribution in [2.45, 2.75) is 56.7 Å². The van der Waals surface area contributed by atoms with Crippen molar-refractivity contribution in [3.63, 3.8) is 0 Å². The van der Waals surface area contributed by atoms with Gasteiger partial charge < -0.3 is 9.64 Å². The van der Waals surface area contributed by atoms with Gasteiger partial charge in [0.15, 0.2) is 0 Å². The maximum absolute atomic E-state index is 13.1. The molecule has 3 nitrogen and oxygen atoms in total. The van der Waals surface area contributed by atoms with Crippen LogP contribution < -0.4 is 0 Å². The second-order valence-corrected chi connectivity index (χ2v) is 8.72. The summed E-state index contributed by atoms with van der Waals surface area (Å²) >= 11 is 0. The Balaban J connectivity index is 1.18. The van der Waals surface area contributed by atoms with Crippen LogP contribution >= 0.6 is 0 Å². The van der Waals surface area contributed by atoms with E-state index in [1.54, 1.807) is 0 Å². The van der Waals surface area contributed by atoms with Gasteiger partial charge in [-0.05, 0) is 61.1 Å². The molecule has 0 aromatic heterocycles. The van der Waals surface area contributed by atoms with Gasteiger partial charge >= 0.3 is 0 Å². The van der Waals surface area contributed by atoms with Gasteiger partial charge in [-0.15, -0.1) is 0 Å². The van der Waals surface area contributed by atoms with Gasteiger partial charge in [0.25, 0.3) is 0 Å². The summed E-state index contributed by atoms with van der Waals surface area (Å²) in [6, 6.07) is 19.4. The van der Waals surface area contributed by atoms with E-state index in [0.29, 0.717) is 18.4 Å². The molecule has 1 aliphatic carbocycles. The van der Waals surface area contributed by atoms with Crippen LogP contribution in [-0.4, -0.2) is 23.9 Å². The smallest absolute Gasteiger partial charge is 0.225 e. The largest absolute Gasteiger partial charge is 0.365 e. The monoisotopic (exact) mass is 375 g/mol. The van der Waals surface area contributed by atoms with Crippen molar-refractivity contribution >= 4 is 5.91 Å². The lowest BCUT2D eigenvalue weighted by Gasteiger charge is -2.41. The van der Waals surface area contributed by atoms with Gasteiger partial charge in [0.2, 0.25) is 5.91 Å². The molecule has 146 valence electrons. The summed E-state index contributed by atoms with van der Waals surface area (Å²) in [5, 5.41) is 0. The number of likely N-dealkylation sites (tertiary alicyclic amines) is 1. The highest BCUT2D eigenvalue weighted by Gasteiger charge is 2.44. The van der Waals surface area contributed by atoms with E-state index < -0.39 is 0 Å². The number of fused-ring (bicyclic) bond motifs is 2. The number of benzene rings is 2. The van der Waals surface area contributed by atoms with Gasteiger partial charge in [-0.2, -0.15) is 0 Å². The second kappa shape index (κ2) is 7.36. The molecule has 2 heterocycles. The highest BCUT2D eigenvalue weighted by atomic mass is 16.5. The Bertz CT molecular complexity index is 831. The van der Waals surface area contributed by atoms with Crippen molar-refractivity contribution in [3.05, 3.63) is 71.3 Å². The predicted molar refractivity (Wildman–Crippen MR) is 110 cm³/mol. The third-order valence-corrected chi connectivity index (χ3v) is 7.24. The number of piperidine rings is 1. The fraction of sp³-hybridized carbons (Fsp3) is 0.480. The van der Waals surface area contributed by atoms with E-state index in [9.17, 15) is 4.79 Å². The van der Waals surface area contributed by atoms with Crippen LogP contribution in [0.25, 0.3) is 0 Å². The number of amides is 1. The normalized spacial score (nSPS) is 26.2. The third kappa shape index (κ3) is 3.16. The highest BCUT2D eigenvalue weighted by Crippen LogP contribution is 2.44. The van der Waals surface area contributed by atoms with E-state index in [-0.39, 0.29) is 11.5 Å². The number of rotatable bonds is 2. The molecule has 2 aromatic carbocycles. The molecular formula is C25H29NO2. The first-order valence-electron chi connectivity index (χ1n) is 10.8. The molecule has 3 heteroatoms. The molecular weight excluding hydrogens is 346 g/mol. The van der Waals surface area contributed by atoms with E-state index in [1.165, 1.54) is 16.7 Å². The van der Waals surface area contributed by atoms with Crippen LogP contribution in [-0.2, 0) is 21.7 Å². The number of carbonyl (C=O) groups is 1. The molecule has 2 aromatic rings. The number of nitrogens with zero attached hydrogens (tertiary/aromatic N) is 1. The minimum Gasteiger partial charge on any atom is -0.365 e. The summed E-state index contributed by atoms with van der Waals surface area (Å²) in [6.07, 6.45) is 6.17. The first-order chi connectivity index (χ1) is 13.8. The molecule has 2 fully saturated rings. The molecule has 0 N–H and O–H groups in total. The van der Waals surface area contributed by atoms with E-state index >= 15 is 0 Å². The zero-order valence-electron chi connectivity index (χ0n) is 16.5. The lowest BCUT2D eigenvalue weighted by Crippen LogP contribution is -2.47. The Morgan fingerprint density at radius 2 is 1.57 bits per heavy atom. The van der Waals surface area contributed by atoms with Crippen molar-refractivity contribution < 1.29 is 9.53 Å². The lowest BCUT2D eigenvalue weighted by atomic mass is 9.77. The molecule has 2 aliphatic heterocycles. The summed E-state index contributed by atoms with van der Waals surface area (Å²) < 4.78 is 6.25. The first kappa shape index (κ1) is 17.9. The van der Waals surface area contributed by atoms with Gasteiger partial charge in [0, 0.05) is 19.0 Å². The van der Waals surface area contributed by atoms with Crippen LogP contribution in [0.3, 0.4) is 0 Å². The topological polar surface area (TPSA) is 29.5 Å². The van der Waals surface area contributed by atoms with Crippen molar-refractivity contribution in [1.82, 2.24) is 4.90 Å². The Morgan fingerprint density at radius 1 is 0.893 bits per heavy atom. The van der Waals surface area contributed by atoms with E-state index in [1.807, 2.05) is 0 Å². The summed E-state index contributed by atoms with van der Waals surface area (Å²) in [5.74, 6) is 1.22. The van der Waals surface area contributed by atoms with Gasteiger partial charge in [0.05, 0.1) is 12.2 Å². The van der Waals surface area contributed by atoms with Crippen LogP contribution in [0.2, 0.25) is 0 Å². The summed E-state index contributed by atoms with van der Waals surface area (Å²) in [7, 11) is 0. The van der Waals surface area contributed by atoms with Crippen molar-refractivity contribution in [3.8, 4) is 0 Å². The second-order valence-electron chi connectivity index (χ2n) is 8.72. The quantitative estimate of drug-likeness (QED) is 0.738. The van der Waals surface area contributed by atoms with Gasteiger partial charge in [-0.1, -0.05) is 54.6 Å². The molecule has 3 aliphatic rings. The number of ether oxygens (including phenoxy) is 1. The predicted octanol–water partition coefficient (Wildman–Crippen LogP) is 5.01. The first-order valence-corrected chi connectivity index (χ1v) is 10.8. The average Bonchev–Trinajstić information content (AvgIpc) is 3.13. The van der Waals surface area contributed by atoms with E-state index in [2.05, 4.69) is 59.5 Å².